The van der Waals surface area contributed by atoms with E-state index < -0.39 is 18.2 Å². The first-order valence-corrected chi connectivity index (χ1v) is 11.6. The zero-order valence-corrected chi connectivity index (χ0v) is 19.6. The van der Waals surface area contributed by atoms with Gasteiger partial charge in [0.25, 0.3) is 0 Å². The van der Waals surface area contributed by atoms with Crippen molar-refractivity contribution in [1.82, 2.24) is 10.2 Å². The van der Waals surface area contributed by atoms with Crippen molar-refractivity contribution >= 4 is 18.0 Å². The Hall–Kier alpha value is -3.39. The Morgan fingerprint density at radius 1 is 1.03 bits per heavy atom. The van der Waals surface area contributed by atoms with Gasteiger partial charge in [-0.1, -0.05) is 48.5 Å². The van der Waals surface area contributed by atoms with Crippen LogP contribution in [0.25, 0.3) is 11.1 Å². The van der Waals surface area contributed by atoms with Crippen molar-refractivity contribution in [2.75, 3.05) is 19.7 Å². The highest BCUT2D eigenvalue weighted by molar-refractivity contribution is 5.79. The summed E-state index contributed by atoms with van der Waals surface area (Å²) in [6.45, 7) is 4.01. The molecule has 8 nitrogen and oxygen atoms in total. The summed E-state index contributed by atoms with van der Waals surface area (Å²) in [4.78, 5) is 37.0. The lowest BCUT2D eigenvalue weighted by Crippen LogP contribution is -2.41. The second-order valence-electron chi connectivity index (χ2n) is 8.74. The highest BCUT2D eigenvalue weighted by Gasteiger charge is 2.29. The molecule has 8 heteroatoms. The van der Waals surface area contributed by atoms with Gasteiger partial charge in [-0.05, 0) is 42.5 Å². The van der Waals surface area contributed by atoms with E-state index in [4.69, 9.17) is 9.84 Å². The van der Waals surface area contributed by atoms with Gasteiger partial charge in [-0.25, -0.2) is 4.79 Å². The first kappa shape index (κ1) is 25.2. The minimum absolute atomic E-state index is 0.0254. The number of rotatable bonds is 11. The molecule has 0 heterocycles. The summed E-state index contributed by atoms with van der Waals surface area (Å²) in [6.07, 6.45) is -1.59. The van der Waals surface area contributed by atoms with E-state index >= 15 is 0 Å². The van der Waals surface area contributed by atoms with Crippen molar-refractivity contribution in [1.29, 1.82) is 0 Å². The fourth-order valence-electron chi connectivity index (χ4n) is 4.31. The van der Waals surface area contributed by atoms with Crippen LogP contribution in [-0.4, -0.2) is 64.9 Å². The summed E-state index contributed by atoms with van der Waals surface area (Å²) in [5, 5.41) is 21.6. The van der Waals surface area contributed by atoms with Gasteiger partial charge in [-0.3, -0.25) is 9.59 Å². The SMILES string of the molecule is CC(C)N(CCCC(=O)O)C(=O)CC(O)CNC(=O)OCC1c2ccccc2-c2ccccc21. The average Bonchev–Trinajstić information content (AvgIpc) is 3.12. The number of aliphatic hydroxyl groups excluding tert-OH is 1. The zero-order valence-electron chi connectivity index (χ0n) is 19.6. The topological polar surface area (TPSA) is 116 Å². The zero-order chi connectivity index (χ0) is 24.7. The molecule has 0 spiro atoms. The number of carboxylic acids is 1. The van der Waals surface area contributed by atoms with Crippen LogP contribution in [0.1, 0.15) is 50.2 Å². The molecule has 182 valence electrons. The molecular weight excluding hydrogens is 436 g/mol. The van der Waals surface area contributed by atoms with Crippen molar-refractivity contribution < 1.29 is 29.3 Å². The standard InChI is InChI=1S/C26H32N2O6/c1-17(2)28(13-7-12-25(31)32)24(30)14-18(29)15-27-26(33)34-16-23-21-10-5-3-8-19(21)20-9-4-6-11-22(20)23/h3-6,8-11,17-18,23,29H,7,12-16H2,1-2H3,(H,27,33)(H,31,32). The van der Waals surface area contributed by atoms with Crippen LogP contribution in [0.2, 0.25) is 0 Å². The molecule has 1 atom stereocenters. The second-order valence-corrected chi connectivity index (χ2v) is 8.74. The number of aliphatic carboxylic acids is 1. The van der Waals surface area contributed by atoms with Crippen LogP contribution in [0.4, 0.5) is 4.79 Å². The second kappa shape index (κ2) is 11.7. The number of ether oxygens (including phenoxy) is 1. The summed E-state index contributed by atoms with van der Waals surface area (Å²) >= 11 is 0. The molecule has 3 rings (SSSR count). The molecule has 2 aromatic rings. The average molecular weight is 469 g/mol. The molecule has 0 saturated carbocycles. The first-order valence-electron chi connectivity index (χ1n) is 11.6. The fourth-order valence-corrected chi connectivity index (χ4v) is 4.31. The summed E-state index contributed by atoms with van der Waals surface area (Å²) in [6, 6.07) is 16.0. The minimum atomic E-state index is -1.08. The van der Waals surface area contributed by atoms with Crippen molar-refractivity contribution in [2.45, 2.75) is 51.2 Å². The predicted molar refractivity (Wildman–Crippen MR) is 127 cm³/mol. The molecule has 0 bridgehead atoms. The van der Waals surface area contributed by atoms with E-state index in [0.29, 0.717) is 13.0 Å². The van der Waals surface area contributed by atoms with E-state index in [1.807, 2.05) is 50.2 Å². The third-order valence-electron chi connectivity index (χ3n) is 5.97. The summed E-state index contributed by atoms with van der Waals surface area (Å²) in [7, 11) is 0. The Bertz CT molecular complexity index is 976. The molecule has 34 heavy (non-hydrogen) atoms. The lowest BCUT2D eigenvalue weighted by atomic mass is 9.98. The molecule has 1 unspecified atom stereocenters. The molecule has 2 amide bonds. The van der Waals surface area contributed by atoms with Gasteiger partial charge in [0.2, 0.25) is 5.91 Å². The Morgan fingerprint density at radius 2 is 1.62 bits per heavy atom. The number of carbonyl (C=O) groups is 3. The number of carboxylic acid groups (broad SMARTS) is 1. The van der Waals surface area contributed by atoms with Crippen LogP contribution in [-0.2, 0) is 14.3 Å². The van der Waals surface area contributed by atoms with Gasteiger partial charge in [0.15, 0.2) is 0 Å². The fraction of sp³-hybridized carbons (Fsp3) is 0.423. The molecule has 0 aliphatic heterocycles. The normalized spacial score (nSPS) is 13.2. The number of benzene rings is 2. The molecule has 0 aromatic heterocycles. The lowest BCUT2D eigenvalue weighted by Gasteiger charge is -2.27. The van der Waals surface area contributed by atoms with E-state index in [9.17, 15) is 19.5 Å². The Balaban J connectivity index is 1.47. The maximum atomic E-state index is 12.5. The van der Waals surface area contributed by atoms with E-state index in [0.717, 1.165) is 22.3 Å². The molecule has 2 aromatic carbocycles. The number of alkyl carbamates (subject to hydrolysis) is 1. The summed E-state index contributed by atoms with van der Waals surface area (Å²) in [5.74, 6) is -1.26. The monoisotopic (exact) mass is 468 g/mol. The molecule has 0 fully saturated rings. The summed E-state index contributed by atoms with van der Waals surface area (Å²) < 4.78 is 5.44. The van der Waals surface area contributed by atoms with Gasteiger partial charge in [0.1, 0.15) is 6.61 Å². The lowest BCUT2D eigenvalue weighted by molar-refractivity contribution is -0.139. The molecule has 3 N–H and O–H groups in total. The van der Waals surface area contributed by atoms with E-state index in [2.05, 4.69) is 17.4 Å². The van der Waals surface area contributed by atoms with Gasteiger partial charge in [0.05, 0.1) is 12.5 Å². The number of nitrogens with zero attached hydrogens (tertiary/aromatic N) is 1. The Labute approximate surface area is 199 Å². The number of hydrogen-bond donors (Lipinski definition) is 3. The van der Waals surface area contributed by atoms with Crippen LogP contribution in [0.15, 0.2) is 48.5 Å². The van der Waals surface area contributed by atoms with Crippen molar-refractivity contribution in [3.05, 3.63) is 59.7 Å². The molecule has 1 aliphatic carbocycles. The van der Waals surface area contributed by atoms with Crippen LogP contribution in [0.5, 0.6) is 0 Å². The van der Waals surface area contributed by atoms with Crippen LogP contribution < -0.4 is 5.32 Å². The quantitative estimate of drug-likeness (QED) is 0.466. The number of aliphatic hydroxyl groups is 1. The largest absolute Gasteiger partial charge is 0.481 e. The maximum Gasteiger partial charge on any atom is 0.407 e. The first-order chi connectivity index (χ1) is 16.3. The number of amides is 2. The van der Waals surface area contributed by atoms with Crippen molar-refractivity contribution in [2.24, 2.45) is 0 Å². The highest BCUT2D eigenvalue weighted by Crippen LogP contribution is 2.44. The highest BCUT2D eigenvalue weighted by atomic mass is 16.5. The van der Waals surface area contributed by atoms with Gasteiger partial charge in [-0.15, -0.1) is 0 Å². The third kappa shape index (κ3) is 6.35. The van der Waals surface area contributed by atoms with Gasteiger partial charge >= 0.3 is 12.1 Å². The number of hydrogen-bond acceptors (Lipinski definition) is 5. The van der Waals surface area contributed by atoms with E-state index in [1.54, 1.807) is 4.90 Å². The number of fused-ring (bicyclic) bond motifs is 3. The van der Waals surface area contributed by atoms with Gasteiger partial charge in [0, 0.05) is 31.5 Å². The summed E-state index contributed by atoms with van der Waals surface area (Å²) in [5.41, 5.74) is 4.50. The van der Waals surface area contributed by atoms with Crippen LogP contribution >= 0.6 is 0 Å². The predicted octanol–water partition coefficient (Wildman–Crippen LogP) is 3.38. The number of nitrogens with one attached hydrogen (secondary N) is 1. The Morgan fingerprint density at radius 3 is 2.18 bits per heavy atom. The van der Waals surface area contributed by atoms with Crippen LogP contribution in [0, 0.1) is 0 Å². The van der Waals surface area contributed by atoms with Gasteiger partial charge in [-0.2, -0.15) is 0 Å². The maximum absolute atomic E-state index is 12.5. The molecule has 0 saturated heterocycles. The van der Waals surface area contributed by atoms with Crippen molar-refractivity contribution in [3.63, 3.8) is 0 Å². The van der Waals surface area contributed by atoms with Gasteiger partial charge < -0.3 is 25.2 Å². The molecular formula is C26H32N2O6. The molecule has 1 aliphatic rings. The third-order valence-corrected chi connectivity index (χ3v) is 5.97. The van der Waals surface area contributed by atoms with E-state index in [1.165, 1.54) is 0 Å². The van der Waals surface area contributed by atoms with Crippen molar-refractivity contribution in [3.8, 4) is 11.1 Å². The van der Waals surface area contributed by atoms with E-state index in [-0.39, 0.29) is 43.9 Å². The Kier molecular flexibility index (Phi) is 8.65. The smallest absolute Gasteiger partial charge is 0.407 e. The van der Waals surface area contributed by atoms with Crippen LogP contribution in [0.3, 0.4) is 0 Å². The minimum Gasteiger partial charge on any atom is -0.481 e. The number of carbonyl (C=O) groups excluding carboxylic acids is 2. The molecule has 0 radical (unpaired) electrons.